The smallest absolute Gasteiger partial charge is 0.247 e. The Labute approximate surface area is 212 Å². The summed E-state index contributed by atoms with van der Waals surface area (Å²) >= 11 is 0. The maximum absolute atomic E-state index is 13.3. The van der Waals surface area contributed by atoms with Gasteiger partial charge in [0.05, 0.1) is 32.3 Å². The molecule has 4 rings (SSSR count). The molecule has 36 heavy (non-hydrogen) atoms. The quantitative estimate of drug-likeness (QED) is 0.320. The third kappa shape index (κ3) is 5.23. The number of fused-ring (bicyclic) bond motifs is 3. The van der Waals surface area contributed by atoms with Crippen LogP contribution in [0.5, 0.6) is 11.5 Å². The van der Waals surface area contributed by atoms with Crippen LogP contribution in [-0.2, 0) is 16.2 Å². The highest BCUT2D eigenvalue weighted by atomic mass is 16.5. The van der Waals surface area contributed by atoms with Crippen molar-refractivity contribution in [2.24, 2.45) is 5.92 Å². The van der Waals surface area contributed by atoms with Crippen molar-refractivity contribution in [3.05, 3.63) is 34.9 Å². The minimum atomic E-state index is -1.06. The lowest BCUT2D eigenvalue weighted by Crippen LogP contribution is -2.56. The molecule has 4 N–H and O–H groups in total. The number of methoxy groups -OCH3 is 1. The topological polar surface area (TPSA) is 129 Å². The summed E-state index contributed by atoms with van der Waals surface area (Å²) in [4.78, 5) is 28.3. The summed E-state index contributed by atoms with van der Waals surface area (Å²) in [6.45, 7) is 2.28. The number of carbonyl (C=O) groups excluding carboxylic acids is 2. The summed E-state index contributed by atoms with van der Waals surface area (Å²) < 4.78 is 11.7. The van der Waals surface area contributed by atoms with Crippen molar-refractivity contribution in [1.29, 1.82) is 0 Å². The molecule has 4 atom stereocenters. The van der Waals surface area contributed by atoms with Crippen LogP contribution in [0.2, 0.25) is 0 Å². The standard InChI is InChI=1S/C27H38N2O7/c1-3-4-5-6-10-29(27(34)17-7-8-17)20-14-19(26(33)28-9-11-30)22-18-12-16(15-31)13-21(35-2)24(18)36-25(22)23(20)32/h12-14,17,20,22-23,25,30-32H,3-11,15H2,1-2H3,(H,28,33)/t20-,22+,23+,25+/m1/s1. The third-order valence-corrected chi connectivity index (χ3v) is 7.32. The van der Waals surface area contributed by atoms with Crippen molar-refractivity contribution < 1.29 is 34.4 Å². The summed E-state index contributed by atoms with van der Waals surface area (Å²) in [5.41, 5.74) is 1.62. The van der Waals surface area contributed by atoms with Crippen LogP contribution in [-0.4, -0.2) is 77.1 Å². The summed E-state index contributed by atoms with van der Waals surface area (Å²) in [6.07, 6.45) is 5.46. The van der Waals surface area contributed by atoms with Crippen LogP contribution in [0.3, 0.4) is 0 Å². The van der Waals surface area contributed by atoms with Gasteiger partial charge in [-0.1, -0.05) is 26.2 Å². The Bertz CT molecular complexity index is 991. The predicted octanol–water partition coefficient (Wildman–Crippen LogP) is 1.63. The van der Waals surface area contributed by atoms with Gasteiger partial charge in [-0.05, 0) is 43.0 Å². The molecule has 1 saturated carbocycles. The average Bonchev–Trinajstić information content (AvgIpc) is 3.67. The van der Waals surface area contributed by atoms with E-state index in [2.05, 4.69) is 12.2 Å². The molecule has 1 aliphatic heterocycles. The van der Waals surface area contributed by atoms with E-state index in [4.69, 9.17) is 9.47 Å². The first-order chi connectivity index (χ1) is 17.4. The van der Waals surface area contributed by atoms with E-state index in [1.54, 1.807) is 23.1 Å². The lowest BCUT2D eigenvalue weighted by atomic mass is 9.77. The number of unbranched alkanes of at least 4 members (excludes halogenated alkanes) is 3. The molecule has 0 radical (unpaired) electrons. The number of nitrogens with one attached hydrogen (secondary N) is 1. The van der Waals surface area contributed by atoms with Crippen LogP contribution in [0.25, 0.3) is 0 Å². The number of carbonyl (C=O) groups is 2. The van der Waals surface area contributed by atoms with Crippen LogP contribution in [0.15, 0.2) is 23.8 Å². The van der Waals surface area contributed by atoms with Crippen molar-refractivity contribution >= 4 is 11.8 Å². The van der Waals surface area contributed by atoms with Gasteiger partial charge in [-0.2, -0.15) is 0 Å². The SMILES string of the molecule is CCCCCCN(C(=O)C1CC1)[C@@H]1C=C(C(=O)NCCO)[C@@H]2c3cc(CO)cc(OC)c3O[C@@H]2[C@H]1O. The maximum Gasteiger partial charge on any atom is 0.247 e. The lowest BCUT2D eigenvalue weighted by Gasteiger charge is -2.41. The maximum atomic E-state index is 13.3. The molecular formula is C27H38N2O7. The van der Waals surface area contributed by atoms with E-state index in [1.165, 1.54) is 7.11 Å². The van der Waals surface area contributed by atoms with Gasteiger partial charge >= 0.3 is 0 Å². The van der Waals surface area contributed by atoms with E-state index in [9.17, 15) is 24.9 Å². The Morgan fingerprint density at radius 3 is 2.61 bits per heavy atom. The molecule has 0 saturated heterocycles. The molecule has 1 aromatic carbocycles. The summed E-state index contributed by atoms with van der Waals surface area (Å²) in [6, 6.07) is 2.72. The molecule has 2 amide bonds. The fourth-order valence-corrected chi connectivity index (χ4v) is 5.30. The number of hydrogen-bond donors (Lipinski definition) is 4. The van der Waals surface area contributed by atoms with Gasteiger partial charge in [0.15, 0.2) is 11.5 Å². The monoisotopic (exact) mass is 502 g/mol. The van der Waals surface area contributed by atoms with Crippen LogP contribution < -0.4 is 14.8 Å². The minimum absolute atomic E-state index is 0.0102. The minimum Gasteiger partial charge on any atom is -0.493 e. The summed E-state index contributed by atoms with van der Waals surface area (Å²) in [7, 11) is 1.50. The number of aliphatic hydroxyl groups excluding tert-OH is 3. The molecule has 0 spiro atoms. The lowest BCUT2D eigenvalue weighted by molar-refractivity contribution is -0.138. The second-order valence-corrected chi connectivity index (χ2v) is 9.88. The predicted molar refractivity (Wildman–Crippen MR) is 133 cm³/mol. The van der Waals surface area contributed by atoms with Crippen molar-refractivity contribution in [2.45, 2.75) is 76.2 Å². The van der Waals surface area contributed by atoms with Crippen molar-refractivity contribution in [3.63, 3.8) is 0 Å². The molecule has 0 unspecified atom stereocenters. The number of benzene rings is 1. The highest BCUT2D eigenvalue weighted by Gasteiger charge is 2.52. The second-order valence-electron chi connectivity index (χ2n) is 9.88. The first kappa shape index (κ1) is 26.4. The Morgan fingerprint density at radius 2 is 1.97 bits per heavy atom. The van der Waals surface area contributed by atoms with E-state index in [-0.39, 0.29) is 37.5 Å². The Balaban J connectivity index is 1.74. The molecule has 0 aromatic heterocycles. The Kier molecular flexibility index (Phi) is 8.54. The van der Waals surface area contributed by atoms with Gasteiger partial charge in [0.25, 0.3) is 0 Å². The number of hydrogen-bond acceptors (Lipinski definition) is 7. The van der Waals surface area contributed by atoms with Gasteiger partial charge < -0.3 is 35.0 Å². The number of ether oxygens (including phenoxy) is 2. The number of rotatable bonds is 12. The van der Waals surface area contributed by atoms with E-state index in [0.29, 0.717) is 34.7 Å². The van der Waals surface area contributed by atoms with Gasteiger partial charge in [0.2, 0.25) is 11.8 Å². The van der Waals surface area contributed by atoms with E-state index in [1.807, 2.05) is 0 Å². The largest absolute Gasteiger partial charge is 0.493 e. The first-order valence-electron chi connectivity index (χ1n) is 13.0. The molecule has 9 heteroatoms. The third-order valence-electron chi connectivity index (χ3n) is 7.32. The molecule has 1 fully saturated rings. The fraction of sp³-hybridized carbons (Fsp3) is 0.630. The molecule has 0 bridgehead atoms. The zero-order valence-corrected chi connectivity index (χ0v) is 21.1. The van der Waals surface area contributed by atoms with Gasteiger partial charge in [-0.25, -0.2) is 0 Å². The highest BCUT2D eigenvalue weighted by molar-refractivity contribution is 5.96. The van der Waals surface area contributed by atoms with Crippen LogP contribution in [0.4, 0.5) is 0 Å². The Hall–Kier alpha value is -2.62. The Morgan fingerprint density at radius 1 is 1.19 bits per heavy atom. The van der Waals surface area contributed by atoms with Crippen LogP contribution >= 0.6 is 0 Å². The van der Waals surface area contributed by atoms with Crippen molar-refractivity contribution in [2.75, 3.05) is 26.8 Å². The van der Waals surface area contributed by atoms with E-state index >= 15 is 0 Å². The normalized spacial score (nSPS) is 24.3. The van der Waals surface area contributed by atoms with Gasteiger partial charge in [0.1, 0.15) is 12.2 Å². The number of aliphatic hydroxyl groups is 3. The second kappa shape index (κ2) is 11.6. The average molecular weight is 503 g/mol. The van der Waals surface area contributed by atoms with Crippen molar-refractivity contribution in [3.8, 4) is 11.5 Å². The molecule has 1 aromatic rings. The summed E-state index contributed by atoms with van der Waals surface area (Å²) in [5, 5.41) is 33.3. The van der Waals surface area contributed by atoms with Gasteiger partial charge in [-0.3, -0.25) is 9.59 Å². The molecule has 198 valence electrons. The number of nitrogens with zero attached hydrogens (tertiary/aromatic N) is 1. The molecule has 1 heterocycles. The zero-order valence-electron chi connectivity index (χ0n) is 21.1. The van der Waals surface area contributed by atoms with Crippen LogP contribution in [0, 0.1) is 5.92 Å². The molecule has 9 nitrogen and oxygen atoms in total. The van der Waals surface area contributed by atoms with E-state index in [0.717, 1.165) is 38.5 Å². The highest BCUT2D eigenvalue weighted by Crippen LogP contribution is 2.51. The van der Waals surface area contributed by atoms with Gasteiger partial charge in [-0.15, -0.1) is 0 Å². The van der Waals surface area contributed by atoms with Gasteiger partial charge in [0, 0.05) is 30.1 Å². The summed E-state index contributed by atoms with van der Waals surface area (Å²) in [5.74, 6) is -0.177. The molecule has 2 aliphatic carbocycles. The first-order valence-corrected chi connectivity index (χ1v) is 13.0. The fourth-order valence-electron chi connectivity index (χ4n) is 5.30. The van der Waals surface area contributed by atoms with E-state index < -0.39 is 24.2 Å². The molecular weight excluding hydrogens is 464 g/mol. The van der Waals surface area contributed by atoms with Crippen molar-refractivity contribution in [1.82, 2.24) is 10.2 Å². The van der Waals surface area contributed by atoms with Crippen LogP contribution in [0.1, 0.15) is 62.5 Å². The zero-order chi connectivity index (χ0) is 25.8. The molecule has 3 aliphatic rings. The number of amides is 2.